The average molecular weight is 466 g/mol. The molecule has 0 saturated carbocycles. The third kappa shape index (κ3) is 5.00. The lowest BCUT2D eigenvalue weighted by Crippen LogP contribution is -2.11. The zero-order valence-electron chi connectivity index (χ0n) is 19.3. The first-order chi connectivity index (χ1) is 16.7. The largest absolute Gasteiger partial charge is 0.363 e. The van der Waals surface area contributed by atoms with Crippen molar-refractivity contribution in [2.24, 2.45) is 0 Å². The molecule has 2 aromatic heterocycles. The minimum Gasteiger partial charge on any atom is -0.363 e. The van der Waals surface area contributed by atoms with E-state index in [4.69, 9.17) is 16.6 Å². The first kappa shape index (κ1) is 22.2. The fourth-order valence-electron chi connectivity index (χ4n) is 4.43. The Hall–Kier alpha value is -3.56. The number of nitrogens with one attached hydrogen (secondary N) is 2. The molecule has 0 fully saturated rings. The van der Waals surface area contributed by atoms with Crippen LogP contribution in [0.1, 0.15) is 36.2 Å². The number of H-pyrrole nitrogens is 1. The van der Waals surface area contributed by atoms with Crippen LogP contribution in [0.15, 0.2) is 97.1 Å². The molecule has 170 valence electrons. The van der Waals surface area contributed by atoms with Gasteiger partial charge < -0.3 is 10.3 Å². The molecular formula is C30H28ClN3. The highest BCUT2D eigenvalue weighted by Crippen LogP contribution is 2.32. The molecule has 0 radical (unpaired) electrons. The molecule has 1 atom stereocenters. The van der Waals surface area contributed by atoms with E-state index in [-0.39, 0.29) is 6.04 Å². The number of nitrogens with zero attached hydrogens (tertiary/aromatic N) is 1. The van der Waals surface area contributed by atoms with Crippen molar-refractivity contribution in [3.05, 3.63) is 119 Å². The number of aryl methyl sites for hydroxylation is 2. The Kier molecular flexibility index (Phi) is 6.64. The van der Waals surface area contributed by atoms with E-state index in [0.717, 1.165) is 52.3 Å². The number of pyridine rings is 1. The molecule has 0 amide bonds. The molecule has 3 nitrogen and oxygen atoms in total. The molecule has 0 spiro atoms. The van der Waals surface area contributed by atoms with Crippen LogP contribution in [-0.2, 0) is 12.8 Å². The molecule has 3 aromatic carbocycles. The van der Waals surface area contributed by atoms with E-state index in [9.17, 15) is 0 Å². The normalized spacial score (nSPS) is 12.1. The summed E-state index contributed by atoms with van der Waals surface area (Å²) in [6, 6.07) is 33.6. The van der Waals surface area contributed by atoms with Gasteiger partial charge >= 0.3 is 0 Å². The molecule has 4 heteroatoms. The SMILES string of the molecule is CC[C@@H](Nc1nc(-c2ccccc2)cc2[nH]c(CCc3cccc(Cl)c3)cc12)c1ccccc1. The summed E-state index contributed by atoms with van der Waals surface area (Å²) >= 11 is 6.18. The number of fused-ring (bicyclic) bond motifs is 1. The van der Waals surface area contributed by atoms with Gasteiger partial charge in [0.2, 0.25) is 0 Å². The Morgan fingerprint density at radius 1 is 0.853 bits per heavy atom. The van der Waals surface area contributed by atoms with Crippen molar-refractivity contribution in [2.45, 2.75) is 32.2 Å². The summed E-state index contributed by atoms with van der Waals surface area (Å²) in [4.78, 5) is 8.73. The Balaban J connectivity index is 1.51. The van der Waals surface area contributed by atoms with Crippen molar-refractivity contribution >= 4 is 28.3 Å². The standard InChI is InChI=1S/C30H28ClN3/c1-2-27(22-11-5-3-6-12-22)33-30-26-19-25(17-16-21-10-9-15-24(31)18-21)32-29(26)20-28(34-30)23-13-7-4-8-14-23/h3-15,18-20,27,32H,2,16-17H2,1H3,(H,33,34)/t27-/m1/s1. The minimum atomic E-state index is 0.188. The molecule has 0 aliphatic heterocycles. The van der Waals surface area contributed by atoms with Crippen LogP contribution in [-0.4, -0.2) is 9.97 Å². The van der Waals surface area contributed by atoms with Gasteiger partial charge in [-0.05, 0) is 54.7 Å². The fraction of sp³-hybridized carbons (Fsp3) is 0.167. The maximum atomic E-state index is 6.18. The van der Waals surface area contributed by atoms with Crippen molar-refractivity contribution in [2.75, 3.05) is 5.32 Å². The first-order valence-electron chi connectivity index (χ1n) is 11.8. The van der Waals surface area contributed by atoms with Crippen LogP contribution in [0.2, 0.25) is 5.02 Å². The summed E-state index contributed by atoms with van der Waals surface area (Å²) in [5.41, 5.74) is 6.86. The van der Waals surface area contributed by atoms with Crippen LogP contribution in [0.3, 0.4) is 0 Å². The lowest BCUT2D eigenvalue weighted by Gasteiger charge is -2.19. The van der Waals surface area contributed by atoms with Gasteiger partial charge in [-0.1, -0.05) is 91.3 Å². The monoisotopic (exact) mass is 465 g/mol. The van der Waals surface area contributed by atoms with Gasteiger partial charge in [0.1, 0.15) is 5.82 Å². The van der Waals surface area contributed by atoms with E-state index < -0.39 is 0 Å². The van der Waals surface area contributed by atoms with Crippen LogP contribution in [0, 0.1) is 0 Å². The van der Waals surface area contributed by atoms with Crippen LogP contribution < -0.4 is 5.32 Å². The van der Waals surface area contributed by atoms with E-state index in [1.54, 1.807) is 0 Å². The first-order valence-corrected chi connectivity index (χ1v) is 12.2. The molecule has 2 N–H and O–H groups in total. The van der Waals surface area contributed by atoms with Gasteiger partial charge in [-0.2, -0.15) is 0 Å². The highest BCUT2D eigenvalue weighted by Gasteiger charge is 2.15. The Morgan fingerprint density at radius 2 is 1.62 bits per heavy atom. The zero-order chi connectivity index (χ0) is 23.3. The predicted molar refractivity (Wildman–Crippen MR) is 143 cm³/mol. The van der Waals surface area contributed by atoms with Gasteiger partial charge in [-0.25, -0.2) is 4.98 Å². The molecule has 0 saturated heterocycles. The molecule has 5 rings (SSSR count). The summed E-state index contributed by atoms with van der Waals surface area (Å²) in [6.07, 6.45) is 2.80. The van der Waals surface area contributed by atoms with Crippen molar-refractivity contribution in [1.82, 2.24) is 9.97 Å². The number of rotatable bonds is 8. The smallest absolute Gasteiger partial charge is 0.136 e. The molecule has 0 aliphatic carbocycles. The second-order valence-corrected chi connectivity index (χ2v) is 9.06. The number of hydrogen-bond acceptors (Lipinski definition) is 2. The van der Waals surface area contributed by atoms with Crippen LogP contribution in [0.25, 0.3) is 22.2 Å². The summed E-state index contributed by atoms with van der Waals surface area (Å²) in [6.45, 7) is 2.20. The quantitative estimate of drug-likeness (QED) is 0.242. The lowest BCUT2D eigenvalue weighted by molar-refractivity contribution is 0.746. The van der Waals surface area contributed by atoms with Crippen molar-refractivity contribution < 1.29 is 0 Å². The van der Waals surface area contributed by atoms with E-state index in [0.29, 0.717) is 0 Å². The van der Waals surface area contributed by atoms with E-state index in [1.807, 2.05) is 24.3 Å². The van der Waals surface area contributed by atoms with E-state index in [2.05, 4.69) is 90.0 Å². The Labute approximate surface area is 205 Å². The highest BCUT2D eigenvalue weighted by molar-refractivity contribution is 6.30. The van der Waals surface area contributed by atoms with Gasteiger partial charge in [-0.3, -0.25) is 0 Å². The number of hydrogen-bond donors (Lipinski definition) is 2. The number of anilines is 1. The molecule has 5 aromatic rings. The molecule has 0 bridgehead atoms. The van der Waals surface area contributed by atoms with E-state index >= 15 is 0 Å². The summed E-state index contributed by atoms with van der Waals surface area (Å²) in [5.74, 6) is 0.914. The number of benzene rings is 3. The predicted octanol–water partition coefficient (Wildman–Crippen LogP) is 8.23. The minimum absolute atomic E-state index is 0.188. The average Bonchev–Trinajstić information content (AvgIpc) is 3.30. The van der Waals surface area contributed by atoms with Crippen LogP contribution in [0.4, 0.5) is 5.82 Å². The molecule has 34 heavy (non-hydrogen) atoms. The third-order valence-corrected chi connectivity index (χ3v) is 6.47. The Bertz CT molecular complexity index is 1380. The van der Waals surface area contributed by atoms with Crippen molar-refractivity contribution in [3.8, 4) is 11.3 Å². The zero-order valence-corrected chi connectivity index (χ0v) is 20.0. The number of halogens is 1. The highest BCUT2D eigenvalue weighted by atomic mass is 35.5. The second-order valence-electron chi connectivity index (χ2n) is 8.62. The lowest BCUT2D eigenvalue weighted by atomic mass is 10.0. The van der Waals surface area contributed by atoms with Gasteiger partial charge in [0.15, 0.2) is 0 Å². The van der Waals surface area contributed by atoms with Gasteiger partial charge in [0, 0.05) is 21.7 Å². The van der Waals surface area contributed by atoms with Gasteiger partial charge in [-0.15, -0.1) is 0 Å². The number of aromatic amines is 1. The molecule has 2 heterocycles. The maximum Gasteiger partial charge on any atom is 0.136 e. The van der Waals surface area contributed by atoms with Crippen LogP contribution in [0.5, 0.6) is 0 Å². The fourth-order valence-corrected chi connectivity index (χ4v) is 4.65. The van der Waals surface area contributed by atoms with E-state index in [1.165, 1.54) is 16.8 Å². The Morgan fingerprint density at radius 3 is 2.35 bits per heavy atom. The second kappa shape index (κ2) is 10.1. The van der Waals surface area contributed by atoms with Gasteiger partial charge in [0.25, 0.3) is 0 Å². The summed E-state index contributed by atoms with van der Waals surface area (Å²) in [7, 11) is 0. The third-order valence-electron chi connectivity index (χ3n) is 6.24. The van der Waals surface area contributed by atoms with Crippen molar-refractivity contribution in [3.63, 3.8) is 0 Å². The molecular weight excluding hydrogens is 438 g/mol. The summed E-state index contributed by atoms with van der Waals surface area (Å²) in [5, 5.41) is 5.65. The topological polar surface area (TPSA) is 40.7 Å². The van der Waals surface area contributed by atoms with Crippen LogP contribution >= 0.6 is 11.6 Å². The number of aromatic nitrogens is 2. The summed E-state index contributed by atoms with van der Waals surface area (Å²) < 4.78 is 0. The van der Waals surface area contributed by atoms with Gasteiger partial charge in [0.05, 0.1) is 17.3 Å². The molecule has 0 unspecified atom stereocenters. The van der Waals surface area contributed by atoms with Crippen molar-refractivity contribution in [1.29, 1.82) is 0 Å². The maximum absolute atomic E-state index is 6.18. The molecule has 0 aliphatic rings.